The van der Waals surface area contributed by atoms with Gasteiger partial charge in [0.1, 0.15) is 0 Å². The van der Waals surface area contributed by atoms with E-state index in [2.05, 4.69) is 129 Å². The van der Waals surface area contributed by atoms with Gasteiger partial charge in [0, 0.05) is 17.7 Å². The summed E-state index contributed by atoms with van der Waals surface area (Å²) in [5.41, 5.74) is 2.57. The fourth-order valence-corrected chi connectivity index (χ4v) is 12.0. The number of allylic oxidation sites excluding steroid dienone is 1. The van der Waals surface area contributed by atoms with Crippen LogP contribution in [-0.2, 0) is 9.96 Å². The SMILES string of the molecule is C=C[C@]12CCCC[C@H]1[C@@H](O[Si](c1ccccc1)(c1ccccc1)C(C)(C)C)c1cccc3ccn2c13. The molecule has 6 rings (SSSR count). The average Bonchev–Trinajstić information content (AvgIpc) is 3.35. The molecule has 0 amide bonds. The van der Waals surface area contributed by atoms with Crippen molar-refractivity contribution in [2.24, 2.45) is 5.92 Å². The van der Waals surface area contributed by atoms with Gasteiger partial charge in [-0.15, -0.1) is 6.58 Å². The molecule has 3 atom stereocenters. The van der Waals surface area contributed by atoms with Crippen LogP contribution in [0.1, 0.15) is 58.1 Å². The van der Waals surface area contributed by atoms with Crippen molar-refractivity contribution >= 4 is 29.6 Å². The van der Waals surface area contributed by atoms with Crippen molar-refractivity contribution < 1.29 is 4.43 Å². The molecule has 0 bridgehead atoms. The second kappa shape index (κ2) is 8.60. The minimum atomic E-state index is -2.72. The molecule has 0 N–H and O–H groups in total. The lowest BCUT2D eigenvalue weighted by atomic mass is 9.66. The molecule has 184 valence electrons. The molecule has 0 spiro atoms. The van der Waals surface area contributed by atoms with E-state index in [0.29, 0.717) is 5.92 Å². The zero-order valence-corrected chi connectivity index (χ0v) is 22.8. The second-order valence-electron chi connectivity index (χ2n) is 11.7. The molecule has 1 fully saturated rings. The Morgan fingerprint density at radius 2 is 1.56 bits per heavy atom. The standard InChI is InChI=1S/C33H37NOSi/c1-5-33-23-13-12-21-29(33)31(28-20-14-15-25-22-24-34(33)30(25)28)35-36(32(2,3)4,26-16-8-6-9-17-26)27-18-10-7-11-19-27/h5-11,14-20,22,24,29,31H,1,12-13,21,23H2,2-4H3/t29-,31-,33-/m0/s1. The highest BCUT2D eigenvalue weighted by atomic mass is 28.4. The Hall–Kier alpha value is -2.88. The van der Waals surface area contributed by atoms with Gasteiger partial charge in [0.05, 0.1) is 17.2 Å². The Morgan fingerprint density at radius 3 is 2.17 bits per heavy atom. The fourth-order valence-electron chi connectivity index (χ4n) is 7.31. The first-order chi connectivity index (χ1) is 17.4. The first-order valence-electron chi connectivity index (χ1n) is 13.5. The third-order valence-electron chi connectivity index (χ3n) is 8.92. The van der Waals surface area contributed by atoms with Crippen molar-refractivity contribution in [2.45, 2.75) is 63.1 Å². The van der Waals surface area contributed by atoms with Crippen LogP contribution < -0.4 is 10.4 Å². The lowest BCUT2D eigenvalue weighted by molar-refractivity contribution is 0.0201. The predicted molar refractivity (Wildman–Crippen MR) is 154 cm³/mol. The molecule has 3 aromatic carbocycles. The summed E-state index contributed by atoms with van der Waals surface area (Å²) in [5.74, 6) is 0.357. The number of aromatic nitrogens is 1. The van der Waals surface area contributed by atoms with E-state index in [-0.39, 0.29) is 16.7 Å². The number of benzene rings is 3. The number of fused-ring (bicyclic) bond motifs is 2. The molecule has 0 saturated heterocycles. The van der Waals surface area contributed by atoms with Gasteiger partial charge in [-0.1, -0.05) is 119 Å². The van der Waals surface area contributed by atoms with E-state index < -0.39 is 8.32 Å². The van der Waals surface area contributed by atoms with Gasteiger partial charge in [-0.05, 0) is 39.7 Å². The summed E-state index contributed by atoms with van der Waals surface area (Å²) in [6, 6.07) is 31.2. The molecule has 0 unspecified atom stereocenters. The summed E-state index contributed by atoms with van der Waals surface area (Å²) in [7, 11) is -2.72. The molecule has 1 aromatic heterocycles. The van der Waals surface area contributed by atoms with Crippen LogP contribution in [0.15, 0.2) is 104 Å². The van der Waals surface area contributed by atoms with Crippen LogP contribution in [0.3, 0.4) is 0 Å². The van der Waals surface area contributed by atoms with Crippen molar-refractivity contribution in [2.75, 3.05) is 0 Å². The number of hydrogen-bond donors (Lipinski definition) is 0. The van der Waals surface area contributed by atoms with Crippen molar-refractivity contribution in [3.63, 3.8) is 0 Å². The van der Waals surface area contributed by atoms with Crippen LogP contribution in [0.25, 0.3) is 10.9 Å². The van der Waals surface area contributed by atoms with Gasteiger partial charge in [-0.3, -0.25) is 0 Å². The van der Waals surface area contributed by atoms with Crippen molar-refractivity contribution in [1.29, 1.82) is 0 Å². The minimum absolute atomic E-state index is 0.0145. The summed E-state index contributed by atoms with van der Waals surface area (Å²) >= 11 is 0. The van der Waals surface area contributed by atoms with E-state index in [0.717, 1.165) is 12.8 Å². The second-order valence-corrected chi connectivity index (χ2v) is 16.0. The summed E-state index contributed by atoms with van der Waals surface area (Å²) in [5, 5.41) is 3.93. The third kappa shape index (κ3) is 3.26. The Balaban J connectivity index is 1.64. The number of hydrogen-bond acceptors (Lipinski definition) is 1. The van der Waals surface area contributed by atoms with Crippen LogP contribution in [0.5, 0.6) is 0 Å². The molecular weight excluding hydrogens is 454 g/mol. The van der Waals surface area contributed by atoms with Crippen molar-refractivity contribution in [1.82, 2.24) is 4.57 Å². The monoisotopic (exact) mass is 491 g/mol. The summed E-state index contributed by atoms with van der Waals surface area (Å²) in [6.45, 7) is 11.6. The highest BCUT2D eigenvalue weighted by Gasteiger charge is 2.56. The first-order valence-corrected chi connectivity index (χ1v) is 15.4. The van der Waals surface area contributed by atoms with Gasteiger partial charge < -0.3 is 8.99 Å². The van der Waals surface area contributed by atoms with Crippen molar-refractivity contribution in [3.8, 4) is 0 Å². The molecule has 2 heterocycles. The summed E-state index contributed by atoms with van der Waals surface area (Å²) in [6.07, 6.45) is 9.31. The molecule has 1 saturated carbocycles. The van der Waals surface area contributed by atoms with E-state index in [4.69, 9.17) is 4.43 Å². The molecule has 0 radical (unpaired) electrons. The Bertz CT molecular complexity index is 1340. The number of nitrogens with zero attached hydrogens (tertiary/aromatic N) is 1. The average molecular weight is 492 g/mol. The lowest BCUT2D eigenvalue weighted by Crippen LogP contribution is -2.68. The molecule has 1 aliphatic heterocycles. The Kier molecular flexibility index (Phi) is 5.62. The van der Waals surface area contributed by atoms with E-state index >= 15 is 0 Å². The molecule has 3 heteroatoms. The minimum Gasteiger partial charge on any atom is -0.400 e. The number of para-hydroxylation sites is 1. The third-order valence-corrected chi connectivity index (χ3v) is 13.9. The largest absolute Gasteiger partial charge is 0.400 e. The maximum Gasteiger partial charge on any atom is 0.261 e. The molecule has 2 aliphatic rings. The maximum absolute atomic E-state index is 7.91. The van der Waals surface area contributed by atoms with E-state index in [1.807, 2.05) is 0 Å². The lowest BCUT2D eigenvalue weighted by Gasteiger charge is -2.54. The zero-order chi connectivity index (χ0) is 25.0. The maximum atomic E-state index is 7.91. The molecule has 36 heavy (non-hydrogen) atoms. The van der Waals surface area contributed by atoms with E-state index in [1.54, 1.807) is 0 Å². The fraction of sp³-hybridized carbons (Fsp3) is 0.333. The zero-order valence-electron chi connectivity index (χ0n) is 21.8. The summed E-state index contributed by atoms with van der Waals surface area (Å²) < 4.78 is 10.4. The van der Waals surface area contributed by atoms with Crippen LogP contribution in [0, 0.1) is 5.92 Å². The first kappa shape index (κ1) is 23.5. The van der Waals surface area contributed by atoms with Gasteiger partial charge >= 0.3 is 0 Å². The van der Waals surface area contributed by atoms with Crippen LogP contribution in [-0.4, -0.2) is 12.9 Å². The van der Waals surface area contributed by atoms with E-state index in [1.165, 1.54) is 39.7 Å². The van der Waals surface area contributed by atoms with Crippen LogP contribution >= 0.6 is 0 Å². The topological polar surface area (TPSA) is 14.2 Å². The smallest absolute Gasteiger partial charge is 0.261 e. The Morgan fingerprint density at radius 1 is 0.889 bits per heavy atom. The normalized spacial score (nSPS) is 23.9. The Labute approximate surface area is 216 Å². The number of rotatable bonds is 5. The van der Waals surface area contributed by atoms with Gasteiger partial charge in [0.15, 0.2) is 0 Å². The van der Waals surface area contributed by atoms with Crippen molar-refractivity contribution in [3.05, 3.63) is 109 Å². The van der Waals surface area contributed by atoms with E-state index in [9.17, 15) is 0 Å². The van der Waals surface area contributed by atoms with Gasteiger partial charge in [0.25, 0.3) is 8.32 Å². The predicted octanol–water partition coefficient (Wildman–Crippen LogP) is 7.34. The molecule has 1 aliphatic carbocycles. The van der Waals surface area contributed by atoms with Crippen LogP contribution in [0.4, 0.5) is 0 Å². The summed E-state index contributed by atoms with van der Waals surface area (Å²) in [4.78, 5) is 0. The van der Waals surface area contributed by atoms with Gasteiger partial charge in [-0.25, -0.2) is 0 Å². The van der Waals surface area contributed by atoms with Gasteiger partial charge in [0.2, 0.25) is 0 Å². The van der Waals surface area contributed by atoms with Gasteiger partial charge in [-0.2, -0.15) is 0 Å². The highest BCUT2D eigenvalue weighted by Crippen LogP contribution is 2.55. The molecule has 4 aromatic rings. The molecule has 2 nitrogen and oxygen atoms in total. The quantitative estimate of drug-likeness (QED) is 0.210. The highest BCUT2D eigenvalue weighted by molar-refractivity contribution is 6.99. The van der Waals surface area contributed by atoms with Crippen LogP contribution in [0.2, 0.25) is 5.04 Å². The molecular formula is C33H37NOSi.